The largest absolute Gasteiger partial charge is 0.496 e. The molecule has 0 saturated carbocycles. The molecule has 2 heteroatoms. The maximum Gasteiger partial charge on any atom is 0.122 e. The number of methoxy groups -OCH3 is 1. The molecule has 0 bridgehead atoms. The van der Waals surface area contributed by atoms with Crippen molar-refractivity contribution in [2.75, 3.05) is 7.11 Å². The lowest BCUT2D eigenvalue weighted by Gasteiger charge is -2.19. The zero-order chi connectivity index (χ0) is 25.5. The molecule has 3 aromatic rings. The Hall–Kier alpha value is -3.05. The molecular formula is C33H41NO. The molecular weight excluding hydrogens is 426 g/mol. The SMILES string of the molecule is COc1ccc(-c2ccc(-c3ccc(CCC#N)cc3CC(C)C)cc2C(C)C)cc1CC(C)C. The van der Waals surface area contributed by atoms with Gasteiger partial charge in [-0.05, 0) is 93.7 Å². The molecule has 0 unspecified atom stereocenters. The molecule has 0 fully saturated rings. The first kappa shape index (κ1) is 26.6. The number of hydrogen-bond donors (Lipinski definition) is 0. The lowest BCUT2D eigenvalue weighted by molar-refractivity contribution is 0.407. The van der Waals surface area contributed by atoms with Gasteiger partial charge in [-0.15, -0.1) is 0 Å². The van der Waals surface area contributed by atoms with Gasteiger partial charge in [0.1, 0.15) is 5.75 Å². The van der Waals surface area contributed by atoms with Crippen molar-refractivity contribution in [3.05, 3.63) is 76.9 Å². The average molecular weight is 468 g/mol. The maximum atomic E-state index is 9.01. The monoisotopic (exact) mass is 467 g/mol. The van der Waals surface area contributed by atoms with E-state index in [4.69, 9.17) is 10.00 Å². The fourth-order valence-electron chi connectivity index (χ4n) is 4.91. The molecule has 3 aromatic carbocycles. The molecule has 35 heavy (non-hydrogen) atoms. The molecule has 0 aliphatic heterocycles. The fraction of sp³-hybridized carbons (Fsp3) is 0.424. The van der Waals surface area contributed by atoms with Gasteiger partial charge in [-0.25, -0.2) is 0 Å². The first-order valence-electron chi connectivity index (χ1n) is 13.0. The highest BCUT2D eigenvalue weighted by atomic mass is 16.5. The molecule has 3 rings (SSSR count). The Balaban J connectivity index is 2.09. The quantitative estimate of drug-likeness (QED) is 0.298. The Morgan fingerprint density at radius 2 is 1.37 bits per heavy atom. The van der Waals surface area contributed by atoms with Crippen LogP contribution in [-0.2, 0) is 19.3 Å². The van der Waals surface area contributed by atoms with Crippen LogP contribution < -0.4 is 4.74 Å². The van der Waals surface area contributed by atoms with E-state index in [9.17, 15) is 0 Å². The van der Waals surface area contributed by atoms with E-state index >= 15 is 0 Å². The van der Waals surface area contributed by atoms with Gasteiger partial charge in [-0.3, -0.25) is 0 Å². The van der Waals surface area contributed by atoms with Crippen molar-refractivity contribution < 1.29 is 4.74 Å². The maximum absolute atomic E-state index is 9.01. The van der Waals surface area contributed by atoms with Crippen LogP contribution in [0.3, 0.4) is 0 Å². The van der Waals surface area contributed by atoms with E-state index < -0.39 is 0 Å². The first-order valence-corrected chi connectivity index (χ1v) is 13.0. The molecule has 0 heterocycles. The topological polar surface area (TPSA) is 33.0 Å². The predicted molar refractivity (Wildman–Crippen MR) is 149 cm³/mol. The highest BCUT2D eigenvalue weighted by Gasteiger charge is 2.15. The van der Waals surface area contributed by atoms with Crippen LogP contribution in [0.4, 0.5) is 0 Å². The van der Waals surface area contributed by atoms with Crippen molar-refractivity contribution in [3.8, 4) is 34.1 Å². The van der Waals surface area contributed by atoms with Gasteiger partial charge in [0, 0.05) is 6.42 Å². The van der Waals surface area contributed by atoms with Gasteiger partial charge >= 0.3 is 0 Å². The lowest BCUT2D eigenvalue weighted by Crippen LogP contribution is -2.01. The van der Waals surface area contributed by atoms with Crippen LogP contribution in [0.2, 0.25) is 0 Å². The van der Waals surface area contributed by atoms with Crippen molar-refractivity contribution in [1.82, 2.24) is 0 Å². The predicted octanol–water partition coefficient (Wildman–Crippen LogP) is 9.01. The standard InChI is InChI=1S/C33H41NO/c1-22(2)17-28-19-25(9-8-16-34)10-13-30(28)27-11-14-31(32(21-27)24(5)6)26-12-15-33(35-7)29(20-26)18-23(3)4/h10-15,19-24H,8-9,17-18H2,1-7H3. The van der Waals surface area contributed by atoms with Crippen molar-refractivity contribution in [1.29, 1.82) is 5.26 Å². The third-order valence-corrected chi connectivity index (χ3v) is 6.53. The molecule has 0 atom stereocenters. The van der Waals surface area contributed by atoms with Gasteiger partial charge in [-0.1, -0.05) is 84.0 Å². The van der Waals surface area contributed by atoms with Gasteiger partial charge < -0.3 is 4.74 Å². The van der Waals surface area contributed by atoms with Gasteiger partial charge in [0.15, 0.2) is 0 Å². The second-order valence-corrected chi connectivity index (χ2v) is 10.8. The van der Waals surface area contributed by atoms with E-state index in [1.165, 1.54) is 44.5 Å². The van der Waals surface area contributed by atoms with Gasteiger partial charge in [0.25, 0.3) is 0 Å². The number of hydrogen-bond acceptors (Lipinski definition) is 2. The minimum atomic E-state index is 0.407. The van der Waals surface area contributed by atoms with Crippen LogP contribution in [0.5, 0.6) is 5.75 Å². The van der Waals surface area contributed by atoms with E-state index in [1.54, 1.807) is 7.11 Å². The molecule has 2 nitrogen and oxygen atoms in total. The second-order valence-electron chi connectivity index (χ2n) is 10.8. The molecule has 0 saturated heterocycles. The highest BCUT2D eigenvalue weighted by molar-refractivity contribution is 5.76. The Morgan fingerprint density at radius 3 is 2.00 bits per heavy atom. The molecule has 0 aliphatic rings. The van der Waals surface area contributed by atoms with E-state index in [1.807, 2.05) is 0 Å². The summed E-state index contributed by atoms with van der Waals surface area (Å²) >= 11 is 0. The van der Waals surface area contributed by atoms with Gasteiger partial charge in [0.2, 0.25) is 0 Å². The highest BCUT2D eigenvalue weighted by Crippen LogP contribution is 2.37. The molecule has 0 radical (unpaired) electrons. The van der Waals surface area contributed by atoms with Crippen molar-refractivity contribution in [2.24, 2.45) is 11.8 Å². The van der Waals surface area contributed by atoms with Crippen LogP contribution in [-0.4, -0.2) is 7.11 Å². The molecule has 184 valence electrons. The number of nitrogens with zero attached hydrogens (tertiary/aromatic N) is 1. The zero-order valence-electron chi connectivity index (χ0n) is 22.6. The van der Waals surface area contributed by atoms with Crippen LogP contribution in [0.25, 0.3) is 22.3 Å². The van der Waals surface area contributed by atoms with Crippen molar-refractivity contribution >= 4 is 0 Å². The van der Waals surface area contributed by atoms with E-state index in [0.717, 1.165) is 25.0 Å². The van der Waals surface area contributed by atoms with Crippen LogP contribution in [0, 0.1) is 23.2 Å². The summed E-state index contributed by atoms with van der Waals surface area (Å²) in [6, 6.07) is 22.6. The zero-order valence-corrected chi connectivity index (χ0v) is 22.6. The first-order chi connectivity index (χ1) is 16.7. The van der Waals surface area contributed by atoms with Crippen molar-refractivity contribution in [3.63, 3.8) is 0 Å². The fourth-order valence-corrected chi connectivity index (χ4v) is 4.91. The second kappa shape index (κ2) is 12.1. The summed E-state index contributed by atoms with van der Waals surface area (Å²) in [6.45, 7) is 13.6. The van der Waals surface area contributed by atoms with Gasteiger partial charge in [0.05, 0.1) is 13.2 Å². The number of rotatable bonds is 10. The third-order valence-electron chi connectivity index (χ3n) is 6.53. The van der Waals surface area contributed by atoms with Crippen molar-refractivity contribution in [2.45, 2.75) is 73.1 Å². The normalized spacial score (nSPS) is 11.3. The number of aryl methyl sites for hydroxylation is 1. The molecule has 0 spiro atoms. The number of benzene rings is 3. The summed E-state index contributed by atoms with van der Waals surface area (Å²) in [5, 5.41) is 9.01. The molecule has 0 aromatic heterocycles. The van der Waals surface area contributed by atoms with Crippen LogP contribution in [0.1, 0.15) is 76.1 Å². The Kier molecular flexibility index (Phi) is 9.16. The summed E-state index contributed by atoms with van der Waals surface area (Å²) in [6.07, 6.45) is 3.41. The Labute approximate surface area is 213 Å². The van der Waals surface area contributed by atoms with E-state index in [2.05, 4.69) is 102 Å². The molecule has 0 N–H and O–H groups in total. The van der Waals surface area contributed by atoms with Crippen LogP contribution >= 0.6 is 0 Å². The van der Waals surface area contributed by atoms with Crippen LogP contribution in [0.15, 0.2) is 54.6 Å². The van der Waals surface area contributed by atoms with Gasteiger partial charge in [-0.2, -0.15) is 5.26 Å². The average Bonchev–Trinajstić information content (AvgIpc) is 2.81. The minimum absolute atomic E-state index is 0.407. The van der Waals surface area contributed by atoms with E-state index in [0.29, 0.717) is 24.2 Å². The summed E-state index contributed by atoms with van der Waals surface area (Å²) in [5.41, 5.74) is 10.4. The summed E-state index contributed by atoms with van der Waals surface area (Å²) in [7, 11) is 1.76. The van der Waals surface area contributed by atoms with E-state index in [-0.39, 0.29) is 0 Å². The Morgan fingerprint density at radius 1 is 0.743 bits per heavy atom. The Bertz CT molecular complexity index is 1180. The third kappa shape index (κ3) is 6.76. The summed E-state index contributed by atoms with van der Waals surface area (Å²) < 4.78 is 5.65. The summed E-state index contributed by atoms with van der Waals surface area (Å²) in [4.78, 5) is 0. The smallest absolute Gasteiger partial charge is 0.122 e. The summed E-state index contributed by atoms with van der Waals surface area (Å²) in [5.74, 6) is 2.52. The number of ether oxygens (including phenoxy) is 1. The lowest BCUT2D eigenvalue weighted by atomic mass is 9.86. The molecule has 0 aliphatic carbocycles. The minimum Gasteiger partial charge on any atom is -0.496 e. The molecule has 0 amide bonds. The number of nitriles is 1.